The van der Waals surface area contributed by atoms with Gasteiger partial charge in [0.15, 0.2) is 0 Å². The summed E-state index contributed by atoms with van der Waals surface area (Å²) in [5.74, 6) is 0.579. The van der Waals surface area contributed by atoms with Crippen LogP contribution in [0.4, 0.5) is 5.69 Å². The van der Waals surface area contributed by atoms with Crippen LogP contribution in [0.3, 0.4) is 0 Å². The molecular formula is C16H22N4O3. The Morgan fingerprint density at radius 2 is 2.30 bits per heavy atom. The molecule has 7 nitrogen and oxygen atoms in total. The first-order chi connectivity index (χ1) is 11.1. The summed E-state index contributed by atoms with van der Waals surface area (Å²) in [4.78, 5) is 12.1. The van der Waals surface area contributed by atoms with Crippen molar-refractivity contribution < 1.29 is 14.1 Å². The average Bonchev–Trinajstić information content (AvgIpc) is 3.09. The SMILES string of the molecule is Cc1noc(C)c1CC(=O)Nc1cnn(CC2CCCCO2)c1. The van der Waals surface area contributed by atoms with Gasteiger partial charge in [-0.3, -0.25) is 9.48 Å². The average molecular weight is 318 g/mol. The molecule has 0 radical (unpaired) electrons. The van der Waals surface area contributed by atoms with Gasteiger partial charge in [0.25, 0.3) is 0 Å². The summed E-state index contributed by atoms with van der Waals surface area (Å²) >= 11 is 0. The molecule has 7 heteroatoms. The highest BCUT2D eigenvalue weighted by Gasteiger charge is 2.16. The molecule has 3 rings (SSSR count). The highest BCUT2D eigenvalue weighted by atomic mass is 16.5. The zero-order valence-corrected chi connectivity index (χ0v) is 13.5. The van der Waals surface area contributed by atoms with Gasteiger partial charge in [0, 0.05) is 18.4 Å². The molecule has 2 aromatic rings. The third-order valence-electron chi connectivity index (χ3n) is 4.10. The van der Waals surface area contributed by atoms with E-state index in [1.54, 1.807) is 6.20 Å². The van der Waals surface area contributed by atoms with Crippen molar-refractivity contribution in [2.24, 2.45) is 0 Å². The first kappa shape index (κ1) is 15.7. The Morgan fingerprint density at radius 1 is 1.43 bits per heavy atom. The Labute approximate surface area is 135 Å². The number of carbonyl (C=O) groups is 1. The fourth-order valence-electron chi connectivity index (χ4n) is 2.81. The van der Waals surface area contributed by atoms with Crippen LogP contribution in [-0.4, -0.2) is 33.6 Å². The van der Waals surface area contributed by atoms with Crippen molar-refractivity contribution in [1.29, 1.82) is 0 Å². The van der Waals surface area contributed by atoms with E-state index in [2.05, 4.69) is 15.6 Å². The van der Waals surface area contributed by atoms with Crippen molar-refractivity contribution in [2.75, 3.05) is 11.9 Å². The van der Waals surface area contributed by atoms with Crippen LogP contribution >= 0.6 is 0 Å². The van der Waals surface area contributed by atoms with Gasteiger partial charge in [-0.15, -0.1) is 0 Å². The largest absolute Gasteiger partial charge is 0.376 e. The maximum absolute atomic E-state index is 12.1. The standard InChI is InChI=1S/C16H22N4O3/c1-11-15(12(2)23-19-11)7-16(21)18-13-8-17-20(9-13)10-14-5-3-4-6-22-14/h8-9,14H,3-7,10H2,1-2H3,(H,18,21). The Kier molecular flexibility index (Phi) is 4.76. The highest BCUT2D eigenvalue weighted by molar-refractivity contribution is 5.92. The summed E-state index contributed by atoms with van der Waals surface area (Å²) in [6.45, 7) is 5.19. The van der Waals surface area contributed by atoms with Crippen molar-refractivity contribution in [3.05, 3.63) is 29.4 Å². The zero-order chi connectivity index (χ0) is 16.2. The number of aromatic nitrogens is 3. The maximum Gasteiger partial charge on any atom is 0.229 e. The lowest BCUT2D eigenvalue weighted by molar-refractivity contribution is -0.115. The molecule has 1 unspecified atom stereocenters. The Hall–Kier alpha value is -2.15. The number of nitrogens with one attached hydrogen (secondary N) is 1. The second kappa shape index (κ2) is 6.95. The van der Waals surface area contributed by atoms with Gasteiger partial charge in [-0.25, -0.2) is 0 Å². The molecule has 1 aliphatic rings. The van der Waals surface area contributed by atoms with Gasteiger partial charge in [-0.1, -0.05) is 5.16 Å². The molecule has 1 N–H and O–H groups in total. The van der Waals surface area contributed by atoms with Crippen LogP contribution < -0.4 is 5.32 Å². The second-order valence-electron chi connectivity index (χ2n) is 5.97. The van der Waals surface area contributed by atoms with Crippen LogP contribution in [0.15, 0.2) is 16.9 Å². The summed E-state index contributed by atoms with van der Waals surface area (Å²) in [5.41, 5.74) is 2.28. The predicted molar refractivity (Wildman–Crippen MR) is 84.1 cm³/mol. The minimum Gasteiger partial charge on any atom is -0.376 e. The van der Waals surface area contributed by atoms with Crippen molar-refractivity contribution in [3.63, 3.8) is 0 Å². The van der Waals surface area contributed by atoms with Crippen molar-refractivity contribution in [3.8, 4) is 0 Å². The monoisotopic (exact) mass is 318 g/mol. The molecule has 0 aromatic carbocycles. The number of amides is 1. The maximum atomic E-state index is 12.1. The van der Waals surface area contributed by atoms with Gasteiger partial charge in [-0.2, -0.15) is 5.10 Å². The third-order valence-corrected chi connectivity index (χ3v) is 4.10. The van der Waals surface area contributed by atoms with Gasteiger partial charge in [-0.05, 0) is 33.1 Å². The summed E-state index contributed by atoms with van der Waals surface area (Å²) in [7, 11) is 0. The zero-order valence-electron chi connectivity index (χ0n) is 13.5. The van der Waals surface area contributed by atoms with Crippen LogP contribution in [0.2, 0.25) is 0 Å². The molecule has 1 fully saturated rings. The van der Waals surface area contributed by atoms with Crippen LogP contribution in [0, 0.1) is 13.8 Å². The molecule has 2 aromatic heterocycles. The molecule has 0 spiro atoms. The minimum atomic E-state index is -0.104. The van der Waals surface area contributed by atoms with Gasteiger partial charge in [0.05, 0.1) is 36.6 Å². The smallest absolute Gasteiger partial charge is 0.229 e. The van der Waals surface area contributed by atoms with Crippen molar-refractivity contribution >= 4 is 11.6 Å². The molecule has 3 heterocycles. The van der Waals surface area contributed by atoms with Crippen LogP contribution in [-0.2, 0) is 22.5 Å². The molecule has 124 valence electrons. The van der Waals surface area contributed by atoms with E-state index in [0.29, 0.717) is 11.4 Å². The summed E-state index contributed by atoms with van der Waals surface area (Å²) in [6.07, 6.45) is 7.36. The first-order valence-electron chi connectivity index (χ1n) is 7.97. The van der Waals surface area contributed by atoms with E-state index in [4.69, 9.17) is 9.26 Å². The quantitative estimate of drug-likeness (QED) is 0.914. The van der Waals surface area contributed by atoms with Crippen LogP contribution in [0.5, 0.6) is 0 Å². The summed E-state index contributed by atoms with van der Waals surface area (Å²) in [6, 6.07) is 0. The lowest BCUT2D eigenvalue weighted by atomic mass is 10.1. The molecule has 1 amide bonds. The van der Waals surface area contributed by atoms with Gasteiger partial charge in [0.1, 0.15) is 5.76 Å². The van der Waals surface area contributed by atoms with E-state index in [1.165, 1.54) is 6.42 Å². The summed E-state index contributed by atoms with van der Waals surface area (Å²) in [5, 5.41) is 11.0. The first-order valence-corrected chi connectivity index (χ1v) is 7.97. The number of aryl methyl sites for hydroxylation is 2. The molecule has 0 aliphatic carbocycles. The molecule has 0 bridgehead atoms. The number of ether oxygens (including phenoxy) is 1. The Balaban J connectivity index is 1.55. The molecule has 1 atom stereocenters. The molecular weight excluding hydrogens is 296 g/mol. The summed E-state index contributed by atoms with van der Waals surface area (Å²) < 4.78 is 12.6. The fourth-order valence-corrected chi connectivity index (χ4v) is 2.81. The number of carbonyl (C=O) groups excluding carboxylic acids is 1. The predicted octanol–water partition coefficient (Wildman–Crippen LogP) is 2.24. The molecule has 1 saturated heterocycles. The highest BCUT2D eigenvalue weighted by Crippen LogP contribution is 2.16. The fraction of sp³-hybridized carbons (Fsp3) is 0.562. The van der Waals surface area contributed by atoms with Crippen LogP contribution in [0.1, 0.15) is 36.3 Å². The van der Waals surface area contributed by atoms with E-state index in [9.17, 15) is 4.79 Å². The van der Waals surface area contributed by atoms with Gasteiger partial charge < -0.3 is 14.6 Å². The van der Waals surface area contributed by atoms with Crippen molar-refractivity contribution in [1.82, 2.24) is 14.9 Å². The number of hydrogen-bond acceptors (Lipinski definition) is 5. The number of anilines is 1. The van der Waals surface area contributed by atoms with Gasteiger partial charge in [0.2, 0.25) is 5.91 Å². The number of rotatable bonds is 5. The van der Waals surface area contributed by atoms with E-state index >= 15 is 0 Å². The lowest BCUT2D eigenvalue weighted by Gasteiger charge is -2.22. The topological polar surface area (TPSA) is 82.2 Å². The molecule has 23 heavy (non-hydrogen) atoms. The Morgan fingerprint density at radius 3 is 3.00 bits per heavy atom. The number of nitrogens with zero attached hydrogens (tertiary/aromatic N) is 3. The van der Waals surface area contributed by atoms with Crippen LogP contribution in [0.25, 0.3) is 0 Å². The van der Waals surface area contributed by atoms with E-state index in [1.807, 2.05) is 24.7 Å². The number of hydrogen-bond donors (Lipinski definition) is 1. The van der Waals surface area contributed by atoms with Gasteiger partial charge >= 0.3 is 0 Å². The van der Waals surface area contributed by atoms with E-state index < -0.39 is 0 Å². The van der Waals surface area contributed by atoms with E-state index in [-0.39, 0.29) is 18.4 Å². The molecule has 1 aliphatic heterocycles. The minimum absolute atomic E-state index is 0.104. The Bertz CT molecular complexity index is 651. The third kappa shape index (κ3) is 3.98. The normalized spacial score (nSPS) is 18.1. The second-order valence-corrected chi connectivity index (χ2v) is 5.97. The van der Waals surface area contributed by atoms with Crippen molar-refractivity contribution in [2.45, 2.75) is 52.2 Å². The molecule has 0 saturated carbocycles. The lowest BCUT2D eigenvalue weighted by Crippen LogP contribution is -2.24. The van der Waals surface area contributed by atoms with E-state index in [0.717, 1.165) is 37.3 Å².